The quantitative estimate of drug-likeness (QED) is 0.384. The van der Waals surface area contributed by atoms with Gasteiger partial charge in [0.2, 0.25) is 15.9 Å². The highest BCUT2D eigenvalue weighted by atomic mass is 32.2. The summed E-state index contributed by atoms with van der Waals surface area (Å²) >= 11 is 0. The minimum Gasteiger partial charge on any atom is -0.496 e. The number of carbonyl (C=O) groups is 1. The van der Waals surface area contributed by atoms with Gasteiger partial charge in [0, 0.05) is 43.9 Å². The molecule has 0 aromatic heterocycles. The first-order valence-electron chi connectivity index (χ1n) is 9.59. The summed E-state index contributed by atoms with van der Waals surface area (Å²) in [6, 6.07) is 10.9. The summed E-state index contributed by atoms with van der Waals surface area (Å²) in [6.45, 7) is 2.43. The average molecular weight is 445 g/mol. The van der Waals surface area contributed by atoms with E-state index in [4.69, 9.17) is 4.74 Å². The number of carbonyl (C=O) groups excluding carboxylic acids is 1. The zero-order valence-corrected chi connectivity index (χ0v) is 18.0. The van der Waals surface area contributed by atoms with Crippen LogP contribution in [0.15, 0.2) is 53.4 Å². The van der Waals surface area contributed by atoms with Crippen LogP contribution in [-0.4, -0.2) is 61.7 Å². The molecule has 1 amide bonds. The largest absolute Gasteiger partial charge is 0.496 e. The van der Waals surface area contributed by atoms with Gasteiger partial charge in [-0.25, -0.2) is 8.42 Å². The summed E-state index contributed by atoms with van der Waals surface area (Å²) in [6.07, 6.45) is 3.11. The van der Waals surface area contributed by atoms with E-state index < -0.39 is 20.6 Å². The topological polar surface area (TPSA) is 110 Å². The zero-order chi connectivity index (χ0) is 22.6. The average Bonchev–Trinajstić information content (AvgIpc) is 2.77. The van der Waals surface area contributed by atoms with E-state index >= 15 is 0 Å². The number of sulfonamides is 1. The molecule has 0 aliphatic carbocycles. The number of hydrogen-bond acceptors (Lipinski definition) is 6. The van der Waals surface area contributed by atoms with E-state index in [1.54, 1.807) is 18.1 Å². The number of nitro groups is 1. The molecule has 3 rings (SSSR count). The van der Waals surface area contributed by atoms with Gasteiger partial charge in [0.05, 0.1) is 12.0 Å². The minimum absolute atomic E-state index is 0.0573. The summed E-state index contributed by atoms with van der Waals surface area (Å²) in [7, 11) is -2.48. The van der Waals surface area contributed by atoms with Gasteiger partial charge in [-0.3, -0.25) is 14.9 Å². The molecule has 1 aliphatic rings. The van der Waals surface area contributed by atoms with E-state index in [-0.39, 0.29) is 37.0 Å². The van der Waals surface area contributed by atoms with Crippen LogP contribution in [-0.2, 0) is 14.8 Å². The van der Waals surface area contributed by atoms with Crippen LogP contribution in [0.1, 0.15) is 11.1 Å². The number of piperazine rings is 1. The van der Waals surface area contributed by atoms with Crippen LogP contribution in [0.3, 0.4) is 0 Å². The molecule has 0 atom stereocenters. The van der Waals surface area contributed by atoms with Crippen molar-refractivity contribution in [2.75, 3.05) is 33.3 Å². The smallest absolute Gasteiger partial charge is 0.289 e. The van der Waals surface area contributed by atoms with Gasteiger partial charge in [0.1, 0.15) is 5.75 Å². The summed E-state index contributed by atoms with van der Waals surface area (Å²) in [4.78, 5) is 24.3. The van der Waals surface area contributed by atoms with Crippen molar-refractivity contribution >= 4 is 27.7 Å². The molecule has 0 unspecified atom stereocenters. The van der Waals surface area contributed by atoms with Crippen LogP contribution in [0.4, 0.5) is 5.69 Å². The first-order chi connectivity index (χ1) is 14.7. The number of methoxy groups -OCH3 is 1. The van der Waals surface area contributed by atoms with Gasteiger partial charge in [-0.15, -0.1) is 0 Å². The number of ether oxygens (including phenoxy) is 1. The van der Waals surface area contributed by atoms with Crippen LogP contribution >= 0.6 is 0 Å². The molecular weight excluding hydrogens is 422 g/mol. The number of amides is 1. The highest BCUT2D eigenvalue weighted by molar-refractivity contribution is 7.89. The molecule has 0 saturated carbocycles. The Morgan fingerprint density at radius 1 is 1.13 bits per heavy atom. The van der Waals surface area contributed by atoms with Crippen LogP contribution in [0.5, 0.6) is 5.75 Å². The summed E-state index contributed by atoms with van der Waals surface area (Å²) in [5.74, 6) is 0.404. The summed E-state index contributed by atoms with van der Waals surface area (Å²) in [5, 5.41) is 11.2. The Hall–Kier alpha value is -3.24. The Morgan fingerprint density at radius 2 is 1.81 bits per heavy atom. The van der Waals surface area contributed by atoms with Gasteiger partial charge in [0.15, 0.2) is 4.90 Å². The molecule has 0 radical (unpaired) electrons. The number of hydrogen-bond donors (Lipinski definition) is 0. The van der Waals surface area contributed by atoms with Crippen molar-refractivity contribution < 1.29 is 22.9 Å². The van der Waals surface area contributed by atoms with Crippen molar-refractivity contribution in [3.8, 4) is 5.75 Å². The second-order valence-electron chi connectivity index (χ2n) is 7.03. The van der Waals surface area contributed by atoms with Gasteiger partial charge < -0.3 is 9.64 Å². The molecule has 0 bridgehead atoms. The minimum atomic E-state index is -4.04. The molecule has 2 aromatic rings. The highest BCUT2D eigenvalue weighted by Crippen LogP contribution is 2.27. The molecule has 9 nitrogen and oxygen atoms in total. The van der Waals surface area contributed by atoms with E-state index in [0.717, 1.165) is 17.2 Å². The molecule has 1 fully saturated rings. The lowest BCUT2D eigenvalue weighted by atomic mass is 10.1. The number of nitrogens with zero attached hydrogens (tertiary/aromatic N) is 3. The number of aryl methyl sites for hydroxylation is 1. The van der Waals surface area contributed by atoms with Crippen molar-refractivity contribution in [1.29, 1.82) is 0 Å². The molecule has 10 heteroatoms. The maximum Gasteiger partial charge on any atom is 0.289 e. The molecule has 2 aromatic carbocycles. The Bertz CT molecular complexity index is 1120. The third-order valence-corrected chi connectivity index (χ3v) is 6.97. The zero-order valence-electron chi connectivity index (χ0n) is 17.2. The van der Waals surface area contributed by atoms with Gasteiger partial charge in [-0.2, -0.15) is 4.31 Å². The normalized spacial score (nSPS) is 15.2. The second kappa shape index (κ2) is 9.27. The lowest BCUT2D eigenvalue weighted by Gasteiger charge is -2.33. The number of para-hydroxylation sites is 1. The van der Waals surface area contributed by atoms with Crippen LogP contribution in [0.25, 0.3) is 6.08 Å². The molecule has 0 spiro atoms. The third-order valence-electron chi connectivity index (χ3n) is 5.02. The predicted molar refractivity (Wildman–Crippen MR) is 115 cm³/mol. The Labute approximate surface area is 180 Å². The first kappa shape index (κ1) is 22.4. The SMILES string of the molecule is COc1ccc(C)cc1/C=C/C(=O)N1CCN(S(=O)(=O)c2ccccc2[N+](=O)[O-])CC1. The Balaban J connectivity index is 1.69. The van der Waals surface area contributed by atoms with E-state index in [9.17, 15) is 23.3 Å². The van der Waals surface area contributed by atoms with Crippen molar-refractivity contribution in [2.45, 2.75) is 11.8 Å². The number of rotatable bonds is 6. The Kier molecular flexibility index (Phi) is 6.71. The monoisotopic (exact) mass is 445 g/mol. The third kappa shape index (κ3) is 4.92. The van der Waals surface area contributed by atoms with Gasteiger partial charge >= 0.3 is 0 Å². The fraction of sp³-hybridized carbons (Fsp3) is 0.286. The van der Waals surface area contributed by atoms with Crippen molar-refractivity contribution in [1.82, 2.24) is 9.21 Å². The van der Waals surface area contributed by atoms with Gasteiger partial charge in [-0.1, -0.05) is 23.8 Å². The fourth-order valence-corrected chi connectivity index (χ4v) is 4.94. The van der Waals surface area contributed by atoms with Crippen LogP contribution < -0.4 is 4.74 Å². The molecule has 1 heterocycles. The standard InChI is InChI=1S/C21H23N3O6S/c1-16-7-9-19(30-2)17(15-16)8-10-21(25)22-11-13-23(14-12-22)31(28,29)20-6-4-3-5-18(20)24(26)27/h3-10,15H,11-14H2,1-2H3/b10-8+. The van der Waals surface area contributed by atoms with E-state index in [1.807, 2.05) is 25.1 Å². The van der Waals surface area contributed by atoms with Crippen LogP contribution in [0.2, 0.25) is 0 Å². The second-order valence-corrected chi connectivity index (χ2v) is 8.94. The molecule has 1 saturated heterocycles. The van der Waals surface area contributed by atoms with Crippen molar-refractivity contribution in [3.05, 3.63) is 69.8 Å². The van der Waals surface area contributed by atoms with E-state index in [1.165, 1.54) is 28.6 Å². The molecule has 31 heavy (non-hydrogen) atoms. The summed E-state index contributed by atoms with van der Waals surface area (Å²) in [5.41, 5.74) is 1.34. The molecule has 0 N–H and O–H groups in total. The number of benzene rings is 2. The first-order valence-corrected chi connectivity index (χ1v) is 11.0. The van der Waals surface area contributed by atoms with Gasteiger partial charge in [-0.05, 0) is 31.2 Å². The fourth-order valence-electron chi connectivity index (χ4n) is 3.36. The molecule has 164 valence electrons. The Morgan fingerprint density at radius 3 is 2.45 bits per heavy atom. The summed E-state index contributed by atoms with van der Waals surface area (Å²) < 4.78 is 32.3. The maximum atomic E-state index is 12.9. The van der Waals surface area contributed by atoms with Crippen molar-refractivity contribution in [2.24, 2.45) is 0 Å². The van der Waals surface area contributed by atoms with Crippen molar-refractivity contribution in [3.63, 3.8) is 0 Å². The highest BCUT2D eigenvalue weighted by Gasteiger charge is 2.34. The maximum absolute atomic E-state index is 12.9. The predicted octanol–water partition coefficient (Wildman–Crippen LogP) is 2.46. The van der Waals surface area contributed by atoms with Gasteiger partial charge in [0.25, 0.3) is 5.69 Å². The number of nitro benzene ring substituents is 1. The molecule has 1 aliphatic heterocycles. The lowest BCUT2D eigenvalue weighted by Crippen LogP contribution is -2.50. The lowest BCUT2D eigenvalue weighted by molar-refractivity contribution is -0.387. The van der Waals surface area contributed by atoms with E-state index in [0.29, 0.717) is 5.75 Å². The van der Waals surface area contributed by atoms with Crippen LogP contribution in [0, 0.1) is 17.0 Å². The molecular formula is C21H23N3O6S. The van der Waals surface area contributed by atoms with E-state index in [2.05, 4.69) is 0 Å².